The van der Waals surface area contributed by atoms with Gasteiger partial charge in [0.1, 0.15) is 0 Å². The summed E-state index contributed by atoms with van der Waals surface area (Å²) in [5.74, 6) is 0.198. The second-order valence-corrected chi connectivity index (χ2v) is 6.01. The van der Waals surface area contributed by atoms with Gasteiger partial charge < -0.3 is 15.7 Å². The van der Waals surface area contributed by atoms with Gasteiger partial charge >= 0.3 is 6.03 Å². The van der Waals surface area contributed by atoms with Crippen molar-refractivity contribution in [1.82, 2.24) is 10.6 Å². The smallest absolute Gasteiger partial charge is 0.315 e. The maximum atomic E-state index is 12.1. The molecule has 0 bridgehead atoms. The molecule has 7 nitrogen and oxygen atoms in total. The van der Waals surface area contributed by atoms with E-state index < -0.39 is 4.92 Å². The monoisotopic (exact) mass is 323 g/mol. The highest BCUT2D eigenvalue weighted by atomic mass is 16.6. The molecule has 0 saturated heterocycles. The van der Waals surface area contributed by atoms with E-state index >= 15 is 0 Å². The lowest BCUT2D eigenvalue weighted by atomic mass is 10.0. The number of nitro benzene ring substituents is 1. The predicted octanol–water partition coefficient (Wildman–Crippen LogP) is 2.67. The summed E-state index contributed by atoms with van der Waals surface area (Å²) >= 11 is 0. The third-order valence-corrected chi connectivity index (χ3v) is 3.84. The third kappa shape index (κ3) is 5.52. The van der Waals surface area contributed by atoms with Crippen LogP contribution in [0.4, 0.5) is 10.5 Å². The number of aryl methyl sites for hydroxylation is 1. The zero-order valence-corrected chi connectivity index (χ0v) is 14.0. The number of carbonyl (C=O) groups excluding carboxylic acids is 1. The minimum Gasteiger partial charge on any atom is -0.396 e. The minimum absolute atomic E-state index is 0.00281. The van der Waals surface area contributed by atoms with Gasteiger partial charge in [0.05, 0.1) is 11.0 Å². The Kier molecular flexibility index (Phi) is 6.96. The maximum absolute atomic E-state index is 12.1. The first-order valence-corrected chi connectivity index (χ1v) is 7.69. The number of nitro groups is 1. The number of aliphatic hydroxyl groups is 1. The summed E-state index contributed by atoms with van der Waals surface area (Å²) in [6.45, 7) is 7.38. The zero-order chi connectivity index (χ0) is 17.6. The van der Waals surface area contributed by atoms with Gasteiger partial charge in [-0.15, -0.1) is 0 Å². The Balaban J connectivity index is 2.75. The van der Waals surface area contributed by atoms with Crippen LogP contribution in [-0.4, -0.2) is 28.7 Å². The van der Waals surface area contributed by atoms with E-state index in [1.165, 1.54) is 6.07 Å². The van der Waals surface area contributed by atoms with Crippen molar-refractivity contribution < 1.29 is 14.8 Å². The number of hydrogen-bond donors (Lipinski definition) is 3. The average molecular weight is 323 g/mol. The quantitative estimate of drug-likeness (QED) is 0.530. The molecule has 0 aliphatic rings. The number of aliphatic hydroxyl groups excluding tert-OH is 1. The standard InChI is InChI=1S/C16H25N3O4/c1-10(2)14(7-8-20)18-16(21)17-12(4)13-6-5-11(3)15(9-13)19(22)23/h5-6,9-10,12,14,20H,7-8H2,1-4H3,(H2,17,18,21). The molecule has 2 atom stereocenters. The predicted molar refractivity (Wildman–Crippen MR) is 88.2 cm³/mol. The summed E-state index contributed by atoms with van der Waals surface area (Å²) in [4.78, 5) is 22.6. The summed E-state index contributed by atoms with van der Waals surface area (Å²) in [7, 11) is 0. The Bertz CT molecular complexity index is 560. The van der Waals surface area contributed by atoms with Gasteiger partial charge in [0.25, 0.3) is 5.69 Å². The number of nitrogens with zero attached hydrogens (tertiary/aromatic N) is 1. The fourth-order valence-electron chi connectivity index (χ4n) is 2.29. The lowest BCUT2D eigenvalue weighted by Gasteiger charge is -2.23. The van der Waals surface area contributed by atoms with Crippen molar-refractivity contribution in [1.29, 1.82) is 0 Å². The molecule has 0 aliphatic carbocycles. The van der Waals surface area contributed by atoms with Crippen LogP contribution in [0.25, 0.3) is 0 Å². The minimum atomic E-state index is -0.429. The van der Waals surface area contributed by atoms with Crippen LogP contribution in [0.5, 0.6) is 0 Å². The first kappa shape index (κ1) is 18.9. The third-order valence-electron chi connectivity index (χ3n) is 3.84. The summed E-state index contributed by atoms with van der Waals surface area (Å²) < 4.78 is 0. The fourth-order valence-corrected chi connectivity index (χ4v) is 2.29. The second-order valence-electron chi connectivity index (χ2n) is 6.01. The first-order chi connectivity index (χ1) is 10.8. The van der Waals surface area contributed by atoms with Gasteiger partial charge in [-0.2, -0.15) is 0 Å². The van der Waals surface area contributed by atoms with Crippen molar-refractivity contribution in [3.63, 3.8) is 0 Å². The molecule has 0 saturated carbocycles. The largest absolute Gasteiger partial charge is 0.396 e. The maximum Gasteiger partial charge on any atom is 0.315 e. The fraction of sp³-hybridized carbons (Fsp3) is 0.562. The SMILES string of the molecule is Cc1ccc(C(C)NC(=O)NC(CCO)C(C)C)cc1[N+](=O)[O-]. The number of urea groups is 1. The van der Waals surface area contributed by atoms with Crippen molar-refractivity contribution in [3.05, 3.63) is 39.4 Å². The van der Waals surface area contributed by atoms with E-state index in [9.17, 15) is 14.9 Å². The van der Waals surface area contributed by atoms with Crippen LogP contribution in [0.3, 0.4) is 0 Å². The van der Waals surface area contributed by atoms with Gasteiger partial charge in [-0.1, -0.05) is 26.0 Å². The molecule has 2 amide bonds. The molecule has 0 aliphatic heterocycles. The second kappa shape index (κ2) is 8.47. The van der Waals surface area contributed by atoms with E-state index in [4.69, 9.17) is 5.11 Å². The molecule has 0 heterocycles. The first-order valence-electron chi connectivity index (χ1n) is 7.69. The summed E-state index contributed by atoms with van der Waals surface area (Å²) in [6.07, 6.45) is 0.482. The van der Waals surface area contributed by atoms with Crippen LogP contribution in [-0.2, 0) is 0 Å². The molecule has 7 heteroatoms. The van der Waals surface area contributed by atoms with Gasteiger partial charge in [0.2, 0.25) is 0 Å². The molecule has 1 aromatic carbocycles. The number of nitrogens with one attached hydrogen (secondary N) is 2. The van der Waals surface area contributed by atoms with Crippen molar-refractivity contribution in [2.45, 2.75) is 46.2 Å². The highest BCUT2D eigenvalue weighted by Gasteiger charge is 2.19. The molecule has 128 valence electrons. The molecule has 1 aromatic rings. The topological polar surface area (TPSA) is 104 Å². The molecule has 23 heavy (non-hydrogen) atoms. The van der Waals surface area contributed by atoms with E-state index in [0.717, 1.165) is 0 Å². The number of amides is 2. The molecule has 0 radical (unpaired) electrons. The van der Waals surface area contributed by atoms with Crippen LogP contribution < -0.4 is 10.6 Å². The van der Waals surface area contributed by atoms with Gasteiger partial charge in [0.15, 0.2) is 0 Å². The lowest BCUT2D eigenvalue weighted by molar-refractivity contribution is -0.385. The van der Waals surface area contributed by atoms with Crippen LogP contribution in [0, 0.1) is 23.0 Å². The van der Waals surface area contributed by atoms with Crippen molar-refractivity contribution in [3.8, 4) is 0 Å². The number of hydrogen-bond acceptors (Lipinski definition) is 4. The van der Waals surface area contributed by atoms with E-state index in [0.29, 0.717) is 17.5 Å². The molecule has 2 unspecified atom stereocenters. The highest BCUT2D eigenvalue weighted by Crippen LogP contribution is 2.23. The Morgan fingerprint density at radius 2 is 1.96 bits per heavy atom. The van der Waals surface area contributed by atoms with Gasteiger partial charge in [0, 0.05) is 24.3 Å². The number of carbonyl (C=O) groups is 1. The van der Waals surface area contributed by atoms with E-state index in [1.54, 1.807) is 26.0 Å². The molecule has 0 aromatic heterocycles. The van der Waals surface area contributed by atoms with Gasteiger partial charge in [-0.05, 0) is 31.7 Å². The lowest BCUT2D eigenvalue weighted by Crippen LogP contribution is -2.45. The molecule has 0 fully saturated rings. The molecule has 3 N–H and O–H groups in total. The van der Waals surface area contributed by atoms with Gasteiger partial charge in [-0.25, -0.2) is 4.79 Å². The van der Waals surface area contributed by atoms with Gasteiger partial charge in [-0.3, -0.25) is 10.1 Å². The summed E-state index contributed by atoms with van der Waals surface area (Å²) in [5, 5.41) is 25.6. The van der Waals surface area contributed by atoms with Crippen LogP contribution >= 0.6 is 0 Å². The molecular weight excluding hydrogens is 298 g/mol. The normalized spacial score (nSPS) is 13.5. The Morgan fingerprint density at radius 1 is 1.30 bits per heavy atom. The van der Waals surface area contributed by atoms with Crippen LogP contribution in [0.1, 0.15) is 44.4 Å². The van der Waals surface area contributed by atoms with E-state index in [2.05, 4.69) is 10.6 Å². The Hall–Kier alpha value is -2.15. The van der Waals surface area contributed by atoms with Crippen molar-refractivity contribution in [2.24, 2.45) is 5.92 Å². The van der Waals surface area contributed by atoms with Crippen molar-refractivity contribution >= 4 is 11.7 Å². The number of rotatable bonds is 7. The van der Waals surface area contributed by atoms with Crippen molar-refractivity contribution in [2.75, 3.05) is 6.61 Å². The summed E-state index contributed by atoms with van der Waals surface area (Å²) in [5.41, 5.74) is 1.29. The zero-order valence-electron chi connectivity index (χ0n) is 14.0. The van der Waals surface area contributed by atoms with E-state index in [-0.39, 0.29) is 36.3 Å². The molecule has 0 spiro atoms. The Morgan fingerprint density at radius 3 is 2.48 bits per heavy atom. The summed E-state index contributed by atoms with van der Waals surface area (Å²) in [6, 6.07) is 4.07. The number of benzene rings is 1. The molecule has 1 rings (SSSR count). The molecular formula is C16H25N3O4. The van der Waals surface area contributed by atoms with Crippen LogP contribution in [0.15, 0.2) is 18.2 Å². The van der Waals surface area contributed by atoms with E-state index in [1.807, 2.05) is 13.8 Å². The Labute approximate surface area is 136 Å². The van der Waals surface area contributed by atoms with Crippen LogP contribution in [0.2, 0.25) is 0 Å². The highest BCUT2D eigenvalue weighted by molar-refractivity contribution is 5.74. The average Bonchev–Trinajstić information content (AvgIpc) is 2.46.